The van der Waals surface area contributed by atoms with Crippen molar-refractivity contribution in [3.8, 4) is 12.3 Å². The standard InChI is InChI=1S/C8H8N2O2/c1-3-4-9-8(11)7-6(2)5-10-12-7/h1,5H,4H2,2H3,(H,9,11). The molecule has 0 saturated heterocycles. The summed E-state index contributed by atoms with van der Waals surface area (Å²) in [5.74, 6) is 2.17. The molecule has 4 nitrogen and oxygen atoms in total. The molecule has 0 atom stereocenters. The summed E-state index contributed by atoms with van der Waals surface area (Å²) in [7, 11) is 0. The Morgan fingerprint density at radius 1 is 1.92 bits per heavy atom. The van der Waals surface area contributed by atoms with E-state index < -0.39 is 0 Å². The first-order valence-electron chi connectivity index (χ1n) is 3.38. The lowest BCUT2D eigenvalue weighted by atomic mass is 10.3. The van der Waals surface area contributed by atoms with Crippen molar-refractivity contribution >= 4 is 5.91 Å². The van der Waals surface area contributed by atoms with Gasteiger partial charge in [-0.05, 0) is 6.92 Å². The Morgan fingerprint density at radius 3 is 3.17 bits per heavy atom. The maximum Gasteiger partial charge on any atom is 0.290 e. The van der Waals surface area contributed by atoms with Gasteiger partial charge in [-0.15, -0.1) is 6.42 Å². The SMILES string of the molecule is C#CCNC(=O)c1oncc1C. The third-order valence-corrected chi connectivity index (χ3v) is 1.31. The van der Waals surface area contributed by atoms with E-state index in [0.29, 0.717) is 5.56 Å². The first-order valence-corrected chi connectivity index (χ1v) is 3.38. The summed E-state index contributed by atoms with van der Waals surface area (Å²) >= 11 is 0. The summed E-state index contributed by atoms with van der Waals surface area (Å²) in [5.41, 5.74) is 0.699. The molecule has 0 spiro atoms. The van der Waals surface area contributed by atoms with Crippen LogP contribution in [0.1, 0.15) is 16.1 Å². The van der Waals surface area contributed by atoms with Gasteiger partial charge in [0.2, 0.25) is 5.76 Å². The van der Waals surface area contributed by atoms with Crippen LogP contribution in [0.25, 0.3) is 0 Å². The van der Waals surface area contributed by atoms with E-state index in [4.69, 9.17) is 10.9 Å². The Bertz CT molecular complexity index is 322. The predicted molar refractivity (Wildman–Crippen MR) is 42.4 cm³/mol. The summed E-state index contributed by atoms with van der Waals surface area (Å²) < 4.78 is 4.69. The molecule has 4 heteroatoms. The lowest BCUT2D eigenvalue weighted by molar-refractivity contribution is 0.0921. The first-order chi connectivity index (χ1) is 5.75. The molecule has 1 aromatic rings. The second-order valence-electron chi connectivity index (χ2n) is 2.22. The molecule has 0 bridgehead atoms. The van der Waals surface area contributed by atoms with Crippen LogP contribution >= 0.6 is 0 Å². The van der Waals surface area contributed by atoms with E-state index >= 15 is 0 Å². The highest BCUT2D eigenvalue weighted by molar-refractivity contribution is 5.92. The maximum absolute atomic E-state index is 11.1. The van der Waals surface area contributed by atoms with Crippen molar-refractivity contribution in [3.05, 3.63) is 17.5 Å². The van der Waals surface area contributed by atoms with E-state index in [9.17, 15) is 4.79 Å². The van der Waals surface area contributed by atoms with Gasteiger partial charge in [-0.3, -0.25) is 4.79 Å². The van der Waals surface area contributed by atoms with Gasteiger partial charge >= 0.3 is 0 Å². The molecule has 0 saturated carbocycles. The molecule has 0 unspecified atom stereocenters. The second-order valence-corrected chi connectivity index (χ2v) is 2.22. The fourth-order valence-electron chi connectivity index (χ4n) is 0.721. The Morgan fingerprint density at radius 2 is 2.67 bits per heavy atom. The molecule has 0 aliphatic heterocycles. The van der Waals surface area contributed by atoms with Gasteiger partial charge in [-0.25, -0.2) is 0 Å². The monoisotopic (exact) mass is 164 g/mol. The largest absolute Gasteiger partial charge is 0.351 e. The quantitative estimate of drug-likeness (QED) is 0.641. The summed E-state index contributed by atoms with van der Waals surface area (Å²) in [5, 5.41) is 5.93. The van der Waals surface area contributed by atoms with Gasteiger partial charge in [-0.1, -0.05) is 11.1 Å². The van der Waals surface area contributed by atoms with Crippen LogP contribution in [0.2, 0.25) is 0 Å². The number of hydrogen-bond donors (Lipinski definition) is 1. The maximum atomic E-state index is 11.1. The minimum atomic E-state index is -0.331. The molecular formula is C8H8N2O2. The molecule has 0 aromatic carbocycles. The summed E-state index contributed by atoms with van der Waals surface area (Å²) in [6.45, 7) is 1.93. The number of nitrogens with one attached hydrogen (secondary N) is 1. The number of nitrogens with zero attached hydrogens (tertiary/aromatic N) is 1. The molecule has 62 valence electrons. The molecular weight excluding hydrogens is 156 g/mol. The third kappa shape index (κ3) is 1.64. The zero-order valence-electron chi connectivity index (χ0n) is 6.63. The number of amides is 1. The predicted octanol–water partition coefficient (Wildman–Crippen LogP) is 0.346. The highest BCUT2D eigenvalue weighted by atomic mass is 16.5. The number of aryl methyl sites for hydroxylation is 1. The highest BCUT2D eigenvalue weighted by Crippen LogP contribution is 2.04. The van der Waals surface area contributed by atoms with Gasteiger partial charge in [0.05, 0.1) is 12.7 Å². The number of hydrogen-bond acceptors (Lipinski definition) is 3. The molecule has 0 fully saturated rings. The molecule has 1 heterocycles. The van der Waals surface area contributed by atoms with Crippen LogP contribution in [0, 0.1) is 19.3 Å². The zero-order valence-corrected chi connectivity index (χ0v) is 6.63. The molecule has 1 aromatic heterocycles. The average Bonchev–Trinajstić information content (AvgIpc) is 2.47. The number of terminal acetylenes is 1. The molecule has 1 rings (SSSR count). The minimum absolute atomic E-state index is 0.193. The van der Waals surface area contributed by atoms with Crippen LogP contribution in [-0.2, 0) is 0 Å². The summed E-state index contributed by atoms with van der Waals surface area (Å²) in [6, 6.07) is 0. The van der Waals surface area contributed by atoms with Crippen molar-refractivity contribution in [2.75, 3.05) is 6.54 Å². The van der Waals surface area contributed by atoms with Crippen molar-refractivity contribution in [2.24, 2.45) is 0 Å². The van der Waals surface area contributed by atoms with Gasteiger partial charge in [0.1, 0.15) is 0 Å². The molecule has 1 amide bonds. The fraction of sp³-hybridized carbons (Fsp3) is 0.250. The van der Waals surface area contributed by atoms with Crippen LogP contribution < -0.4 is 5.32 Å². The van der Waals surface area contributed by atoms with E-state index in [0.717, 1.165) is 0 Å². The van der Waals surface area contributed by atoms with Crippen LogP contribution in [0.4, 0.5) is 0 Å². The molecule has 12 heavy (non-hydrogen) atoms. The van der Waals surface area contributed by atoms with Gasteiger partial charge in [0.15, 0.2) is 0 Å². The van der Waals surface area contributed by atoms with E-state index in [1.165, 1.54) is 6.20 Å². The van der Waals surface area contributed by atoms with E-state index in [1.807, 2.05) is 0 Å². The van der Waals surface area contributed by atoms with Crippen molar-refractivity contribution in [3.63, 3.8) is 0 Å². The minimum Gasteiger partial charge on any atom is -0.351 e. The second kappa shape index (κ2) is 3.58. The van der Waals surface area contributed by atoms with E-state index in [2.05, 4.69) is 16.4 Å². The van der Waals surface area contributed by atoms with Gasteiger partial charge in [0.25, 0.3) is 5.91 Å². The number of aromatic nitrogens is 1. The van der Waals surface area contributed by atoms with Crippen LogP contribution in [0.15, 0.2) is 10.7 Å². The van der Waals surface area contributed by atoms with Gasteiger partial charge in [-0.2, -0.15) is 0 Å². The highest BCUT2D eigenvalue weighted by Gasteiger charge is 2.12. The number of carbonyl (C=O) groups excluding carboxylic acids is 1. The van der Waals surface area contributed by atoms with Crippen LogP contribution in [-0.4, -0.2) is 17.6 Å². The molecule has 0 radical (unpaired) electrons. The Hall–Kier alpha value is -1.76. The smallest absolute Gasteiger partial charge is 0.290 e. The van der Waals surface area contributed by atoms with Crippen LogP contribution in [0.3, 0.4) is 0 Å². The Balaban J connectivity index is 2.67. The van der Waals surface area contributed by atoms with E-state index in [-0.39, 0.29) is 18.2 Å². The van der Waals surface area contributed by atoms with E-state index in [1.54, 1.807) is 6.92 Å². The topological polar surface area (TPSA) is 55.1 Å². The number of carbonyl (C=O) groups is 1. The van der Waals surface area contributed by atoms with Crippen LogP contribution in [0.5, 0.6) is 0 Å². The average molecular weight is 164 g/mol. The lowest BCUT2D eigenvalue weighted by Crippen LogP contribution is -2.23. The Kier molecular flexibility index (Phi) is 2.49. The number of rotatable bonds is 2. The molecule has 0 aliphatic carbocycles. The summed E-state index contributed by atoms with van der Waals surface area (Å²) in [4.78, 5) is 11.1. The van der Waals surface area contributed by atoms with Gasteiger partial charge in [0, 0.05) is 5.56 Å². The molecule has 0 aliphatic rings. The third-order valence-electron chi connectivity index (χ3n) is 1.31. The van der Waals surface area contributed by atoms with Crippen molar-refractivity contribution in [1.82, 2.24) is 10.5 Å². The fourth-order valence-corrected chi connectivity index (χ4v) is 0.721. The Labute approximate surface area is 69.9 Å². The van der Waals surface area contributed by atoms with Gasteiger partial charge < -0.3 is 9.84 Å². The van der Waals surface area contributed by atoms with Crippen molar-refractivity contribution in [2.45, 2.75) is 6.92 Å². The zero-order chi connectivity index (χ0) is 8.97. The van der Waals surface area contributed by atoms with Crippen molar-refractivity contribution in [1.29, 1.82) is 0 Å². The first kappa shape index (κ1) is 8.34. The van der Waals surface area contributed by atoms with Crippen molar-refractivity contribution < 1.29 is 9.32 Å². The molecule has 1 N–H and O–H groups in total. The summed E-state index contributed by atoms with van der Waals surface area (Å²) in [6.07, 6.45) is 6.43. The lowest BCUT2D eigenvalue weighted by Gasteiger charge is -1.96. The normalized spacial score (nSPS) is 9.00.